The maximum Gasteiger partial charge on any atom is 0.164 e. The summed E-state index contributed by atoms with van der Waals surface area (Å²) in [5.74, 6) is -0.859. The van der Waals surface area contributed by atoms with E-state index in [2.05, 4.69) is 0 Å². The Hall–Kier alpha value is -1.80. The van der Waals surface area contributed by atoms with E-state index in [0.717, 1.165) is 11.1 Å². The zero-order chi connectivity index (χ0) is 20.4. The second-order valence-electron chi connectivity index (χ2n) is 8.07. The summed E-state index contributed by atoms with van der Waals surface area (Å²) < 4.78 is 24.1. The van der Waals surface area contributed by atoms with E-state index in [1.165, 1.54) is 0 Å². The standard InChI is InChI=1S/C23H28O6/c1-23(2)28-21-19(26-13-15-9-5-3-6-10-15)17(24)18(25)20(22(21)29-23)27-14-16-11-7-4-8-12-16/h3-12,17-22,24-25H,13-14H2,1-2H3/t17-,18+,19-,20-,21-,22-/m1/s1. The quantitative estimate of drug-likeness (QED) is 0.776. The van der Waals surface area contributed by atoms with Crippen LogP contribution in [0.4, 0.5) is 0 Å². The van der Waals surface area contributed by atoms with Gasteiger partial charge in [-0.1, -0.05) is 60.7 Å². The largest absolute Gasteiger partial charge is 0.387 e. The summed E-state index contributed by atoms with van der Waals surface area (Å²) in [4.78, 5) is 0. The molecule has 0 spiro atoms. The van der Waals surface area contributed by atoms with Crippen molar-refractivity contribution in [1.82, 2.24) is 0 Å². The summed E-state index contributed by atoms with van der Waals surface area (Å²) in [5, 5.41) is 21.6. The van der Waals surface area contributed by atoms with E-state index in [1.54, 1.807) is 0 Å². The molecule has 2 aliphatic rings. The Bertz CT molecular complexity index is 715. The number of aliphatic hydroxyl groups is 2. The first kappa shape index (κ1) is 20.5. The lowest BCUT2D eigenvalue weighted by Crippen LogP contribution is -2.63. The summed E-state index contributed by atoms with van der Waals surface area (Å²) in [6, 6.07) is 19.4. The summed E-state index contributed by atoms with van der Waals surface area (Å²) in [7, 11) is 0. The lowest BCUT2D eigenvalue weighted by molar-refractivity contribution is -0.223. The van der Waals surface area contributed by atoms with Crippen molar-refractivity contribution in [1.29, 1.82) is 0 Å². The molecule has 4 rings (SSSR count). The molecule has 1 saturated carbocycles. The molecule has 0 aromatic heterocycles. The third-order valence-corrected chi connectivity index (χ3v) is 5.40. The van der Waals surface area contributed by atoms with E-state index in [1.807, 2.05) is 74.5 Å². The van der Waals surface area contributed by atoms with Gasteiger partial charge in [0, 0.05) is 0 Å². The zero-order valence-corrected chi connectivity index (χ0v) is 16.7. The molecule has 0 amide bonds. The molecular weight excluding hydrogens is 372 g/mol. The van der Waals surface area contributed by atoms with E-state index in [0.29, 0.717) is 13.2 Å². The van der Waals surface area contributed by atoms with Crippen LogP contribution in [0.5, 0.6) is 0 Å². The molecule has 2 fully saturated rings. The number of fused-ring (bicyclic) bond motifs is 1. The lowest BCUT2D eigenvalue weighted by atomic mass is 9.84. The second-order valence-corrected chi connectivity index (χ2v) is 8.07. The molecule has 1 heterocycles. The van der Waals surface area contributed by atoms with Gasteiger partial charge >= 0.3 is 0 Å². The van der Waals surface area contributed by atoms with Crippen molar-refractivity contribution in [2.24, 2.45) is 0 Å². The van der Waals surface area contributed by atoms with Gasteiger partial charge in [-0.05, 0) is 25.0 Å². The zero-order valence-electron chi connectivity index (χ0n) is 16.7. The van der Waals surface area contributed by atoms with Gasteiger partial charge in [-0.15, -0.1) is 0 Å². The van der Waals surface area contributed by atoms with Gasteiger partial charge in [0.15, 0.2) is 5.79 Å². The van der Waals surface area contributed by atoms with Gasteiger partial charge in [0.25, 0.3) is 0 Å². The van der Waals surface area contributed by atoms with Crippen LogP contribution in [-0.4, -0.2) is 52.6 Å². The maximum absolute atomic E-state index is 10.8. The fourth-order valence-electron chi connectivity index (χ4n) is 4.02. The molecule has 2 aromatic carbocycles. The molecule has 0 unspecified atom stereocenters. The van der Waals surface area contributed by atoms with Crippen molar-refractivity contribution in [3.63, 3.8) is 0 Å². The molecule has 0 radical (unpaired) electrons. The molecule has 1 aliphatic carbocycles. The van der Waals surface area contributed by atoms with E-state index >= 15 is 0 Å². The summed E-state index contributed by atoms with van der Waals surface area (Å²) in [5.41, 5.74) is 1.96. The Labute approximate surface area is 171 Å². The first-order chi connectivity index (χ1) is 13.9. The average Bonchev–Trinajstić information content (AvgIpc) is 3.04. The Morgan fingerprint density at radius 1 is 0.724 bits per heavy atom. The van der Waals surface area contributed by atoms with Gasteiger partial charge in [-0.25, -0.2) is 0 Å². The molecule has 1 saturated heterocycles. The van der Waals surface area contributed by atoms with E-state index in [4.69, 9.17) is 18.9 Å². The minimum absolute atomic E-state index is 0.303. The highest BCUT2D eigenvalue weighted by atomic mass is 16.8. The monoisotopic (exact) mass is 400 g/mol. The molecule has 29 heavy (non-hydrogen) atoms. The van der Waals surface area contributed by atoms with Gasteiger partial charge in [0.05, 0.1) is 13.2 Å². The van der Waals surface area contributed by atoms with Crippen molar-refractivity contribution >= 4 is 0 Å². The fraction of sp³-hybridized carbons (Fsp3) is 0.478. The number of benzene rings is 2. The summed E-state index contributed by atoms with van der Waals surface area (Å²) in [6.07, 6.45) is -4.86. The van der Waals surface area contributed by atoms with Crippen molar-refractivity contribution < 1.29 is 29.2 Å². The van der Waals surface area contributed by atoms with Crippen LogP contribution >= 0.6 is 0 Å². The molecular formula is C23H28O6. The second kappa shape index (κ2) is 8.52. The third kappa shape index (κ3) is 4.53. The van der Waals surface area contributed by atoms with Crippen molar-refractivity contribution in [2.75, 3.05) is 0 Å². The van der Waals surface area contributed by atoms with Crippen molar-refractivity contribution in [2.45, 2.75) is 69.5 Å². The minimum Gasteiger partial charge on any atom is -0.387 e. The Morgan fingerprint density at radius 3 is 1.48 bits per heavy atom. The minimum atomic E-state index is -1.15. The van der Waals surface area contributed by atoms with Crippen LogP contribution in [0.3, 0.4) is 0 Å². The molecule has 6 nitrogen and oxygen atoms in total. The molecule has 6 atom stereocenters. The highest BCUT2D eigenvalue weighted by Crippen LogP contribution is 2.40. The van der Waals surface area contributed by atoms with Crippen molar-refractivity contribution in [3.05, 3.63) is 71.8 Å². The summed E-state index contributed by atoms with van der Waals surface area (Å²) in [6.45, 7) is 4.23. The van der Waals surface area contributed by atoms with Gasteiger partial charge in [-0.2, -0.15) is 0 Å². The third-order valence-electron chi connectivity index (χ3n) is 5.40. The number of hydrogen-bond acceptors (Lipinski definition) is 6. The molecule has 1 aliphatic heterocycles. The smallest absolute Gasteiger partial charge is 0.164 e. The highest BCUT2D eigenvalue weighted by molar-refractivity contribution is 5.15. The van der Waals surface area contributed by atoms with Crippen molar-refractivity contribution in [3.8, 4) is 0 Å². The van der Waals surface area contributed by atoms with Crippen LogP contribution in [0.1, 0.15) is 25.0 Å². The normalized spacial score (nSPS) is 33.4. The van der Waals surface area contributed by atoms with E-state index in [9.17, 15) is 10.2 Å². The number of ether oxygens (including phenoxy) is 4. The Morgan fingerprint density at radius 2 is 1.10 bits per heavy atom. The molecule has 2 N–H and O–H groups in total. The predicted octanol–water partition coefficient (Wildman–Crippen LogP) is 2.41. The number of aliphatic hydroxyl groups excluding tert-OH is 2. The summed E-state index contributed by atoms with van der Waals surface area (Å²) >= 11 is 0. The predicted molar refractivity (Wildman–Crippen MR) is 106 cm³/mol. The van der Waals surface area contributed by atoms with Crippen LogP contribution < -0.4 is 0 Å². The van der Waals surface area contributed by atoms with Crippen LogP contribution in [0.15, 0.2) is 60.7 Å². The Kier molecular flexibility index (Phi) is 6.01. The molecule has 2 aromatic rings. The topological polar surface area (TPSA) is 77.4 Å². The fourth-order valence-corrected chi connectivity index (χ4v) is 4.02. The highest BCUT2D eigenvalue weighted by Gasteiger charge is 2.58. The maximum atomic E-state index is 10.8. The molecule has 0 bridgehead atoms. The Balaban J connectivity index is 1.50. The first-order valence-corrected chi connectivity index (χ1v) is 9.97. The first-order valence-electron chi connectivity index (χ1n) is 9.97. The van der Waals surface area contributed by atoms with Gasteiger partial charge < -0.3 is 29.2 Å². The SMILES string of the molecule is CC1(C)O[C@H]2[C@H](O1)[C@H](OCc1ccccc1)[C@@H](O)[C@@H](O)[C@H]2OCc1ccccc1. The number of hydrogen-bond donors (Lipinski definition) is 2. The van der Waals surface area contributed by atoms with Gasteiger partial charge in [-0.3, -0.25) is 0 Å². The average molecular weight is 400 g/mol. The van der Waals surface area contributed by atoms with Crippen LogP contribution in [0.2, 0.25) is 0 Å². The van der Waals surface area contributed by atoms with E-state index in [-0.39, 0.29) is 0 Å². The molecule has 156 valence electrons. The van der Waals surface area contributed by atoms with Crippen LogP contribution in [0, 0.1) is 0 Å². The van der Waals surface area contributed by atoms with Crippen LogP contribution in [-0.2, 0) is 32.2 Å². The number of rotatable bonds is 6. The molecule has 6 heteroatoms. The van der Waals surface area contributed by atoms with Crippen LogP contribution in [0.25, 0.3) is 0 Å². The lowest BCUT2D eigenvalue weighted by Gasteiger charge is -2.43. The van der Waals surface area contributed by atoms with E-state index < -0.39 is 42.4 Å². The van der Waals surface area contributed by atoms with Gasteiger partial charge in [0.1, 0.15) is 36.6 Å². The van der Waals surface area contributed by atoms with Gasteiger partial charge in [0.2, 0.25) is 0 Å².